The maximum atomic E-state index is 15.1. The zero-order valence-corrected chi connectivity index (χ0v) is 18.3. The van der Waals surface area contributed by atoms with Crippen LogP contribution in [0.2, 0.25) is 5.15 Å². The Morgan fingerprint density at radius 2 is 1.97 bits per heavy atom. The summed E-state index contributed by atoms with van der Waals surface area (Å²) in [5.41, 5.74) is 1.97. The Labute approximate surface area is 192 Å². The number of rotatable bonds is 4. The number of fused-ring (bicyclic) bond motifs is 2. The van der Waals surface area contributed by atoms with Gasteiger partial charge in [0.05, 0.1) is 23.3 Å². The largest absolute Gasteiger partial charge is 0.333 e. The van der Waals surface area contributed by atoms with Crippen LogP contribution in [-0.4, -0.2) is 21.1 Å². The van der Waals surface area contributed by atoms with Crippen LogP contribution in [0, 0.1) is 11.6 Å². The van der Waals surface area contributed by atoms with Gasteiger partial charge >= 0.3 is 0 Å². The van der Waals surface area contributed by atoms with Gasteiger partial charge in [0.2, 0.25) is 0 Å². The molecule has 2 heterocycles. The fourth-order valence-corrected chi connectivity index (χ4v) is 4.57. The Morgan fingerprint density at radius 1 is 1.18 bits per heavy atom. The number of para-hydroxylation sites is 1. The molecule has 0 atom stereocenters. The van der Waals surface area contributed by atoms with Gasteiger partial charge < -0.3 is 4.57 Å². The smallest absolute Gasteiger partial charge is 0.176 e. The van der Waals surface area contributed by atoms with Gasteiger partial charge in [-0.15, -0.1) is 0 Å². The summed E-state index contributed by atoms with van der Waals surface area (Å²) in [5.74, 6) is -2.25. The molecule has 1 aliphatic carbocycles. The molecule has 0 bridgehead atoms. The van der Waals surface area contributed by atoms with Crippen LogP contribution in [0.5, 0.6) is 0 Å². The number of pyridine rings is 1. The number of hydrogen-bond acceptors (Lipinski definition) is 3. The first-order valence-electron chi connectivity index (χ1n) is 10.3. The molecule has 4 nitrogen and oxygen atoms in total. The molecule has 0 spiro atoms. The summed E-state index contributed by atoms with van der Waals surface area (Å²) in [6.45, 7) is 1.38. The number of carbonyl (C=O) groups is 2. The highest BCUT2D eigenvalue weighted by Gasteiger charge is 2.29. The van der Waals surface area contributed by atoms with Crippen molar-refractivity contribution in [3.8, 4) is 0 Å². The standard InChI is InChI=1S/C26H17ClF2N2O2/c1-14(32)25-23(18-7-3-5-9-22(18)33)24-19(29)11-17(28)12-21(24)31(25)13-16-10-15-6-2-4-8-20(15)30-26(16)27/h2-8,10-12H,9,13H2,1H3. The third kappa shape index (κ3) is 3.56. The topological polar surface area (TPSA) is 52.0 Å². The zero-order valence-electron chi connectivity index (χ0n) is 17.5. The number of aromatic nitrogens is 2. The second kappa shape index (κ2) is 8.05. The van der Waals surface area contributed by atoms with Crippen molar-refractivity contribution in [2.24, 2.45) is 0 Å². The minimum Gasteiger partial charge on any atom is -0.333 e. The van der Waals surface area contributed by atoms with E-state index in [-0.39, 0.29) is 57.4 Å². The third-order valence-corrected chi connectivity index (χ3v) is 6.09. The summed E-state index contributed by atoms with van der Waals surface area (Å²) in [4.78, 5) is 30.0. The van der Waals surface area contributed by atoms with E-state index in [1.165, 1.54) is 17.6 Å². The Bertz CT molecular complexity index is 1550. The van der Waals surface area contributed by atoms with Crippen LogP contribution in [0.4, 0.5) is 8.78 Å². The van der Waals surface area contributed by atoms with Crippen molar-refractivity contribution < 1.29 is 18.4 Å². The summed E-state index contributed by atoms with van der Waals surface area (Å²) in [6, 6.07) is 11.2. The van der Waals surface area contributed by atoms with E-state index in [1.54, 1.807) is 18.2 Å². The van der Waals surface area contributed by atoms with Gasteiger partial charge in [0, 0.05) is 46.9 Å². The van der Waals surface area contributed by atoms with E-state index < -0.39 is 11.6 Å². The van der Waals surface area contributed by atoms with Crippen molar-refractivity contribution in [3.05, 3.63) is 94.3 Å². The third-order valence-electron chi connectivity index (χ3n) is 5.77. The molecule has 0 fully saturated rings. The van der Waals surface area contributed by atoms with Crippen LogP contribution in [0.1, 0.15) is 35.0 Å². The summed E-state index contributed by atoms with van der Waals surface area (Å²) < 4.78 is 30.9. The molecule has 2 aromatic carbocycles. The van der Waals surface area contributed by atoms with Gasteiger partial charge in [0.15, 0.2) is 11.6 Å². The highest BCUT2D eigenvalue weighted by atomic mass is 35.5. The average molecular weight is 463 g/mol. The lowest BCUT2D eigenvalue weighted by atomic mass is 9.92. The van der Waals surface area contributed by atoms with E-state index in [4.69, 9.17) is 11.6 Å². The molecule has 0 saturated carbocycles. The quantitative estimate of drug-likeness (QED) is 0.265. The average Bonchev–Trinajstić information content (AvgIpc) is 3.09. The van der Waals surface area contributed by atoms with E-state index in [9.17, 15) is 14.0 Å². The summed E-state index contributed by atoms with van der Waals surface area (Å²) in [5, 5.41) is 1.09. The number of nitrogens with zero attached hydrogens (tertiary/aromatic N) is 2. The van der Waals surface area contributed by atoms with Crippen molar-refractivity contribution in [3.63, 3.8) is 0 Å². The molecule has 0 aliphatic heterocycles. The van der Waals surface area contributed by atoms with Gasteiger partial charge in [0.25, 0.3) is 0 Å². The lowest BCUT2D eigenvalue weighted by Crippen LogP contribution is -2.12. The van der Waals surface area contributed by atoms with E-state index in [0.717, 1.165) is 11.5 Å². The summed E-state index contributed by atoms with van der Waals surface area (Å²) in [6.07, 6.45) is 5.08. The molecule has 33 heavy (non-hydrogen) atoms. The van der Waals surface area contributed by atoms with Crippen LogP contribution >= 0.6 is 11.6 Å². The number of ketones is 2. The van der Waals surface area contributed by atoms with Crippen LogP contribution in [0.3, 0.4) is 0 Å². The molecule has 7 heteroatoms. The Balaban J connectivity index is 1.83. The number of benzene rings is 2. The highest BCUT2D eigenvalue weighted by Crippen LogP contribution is 2.37. The summed E-state index contributed by atoms with van der Waals surface area (Å²) in [7, 11) is 0. The molecule has 4 aromatic rings. The normalized spacial score (nSPS) is 13.7. The molecular formula is C26H17ClF2N2O2. The maximum absolute atomic E-state index is 15.1. The van der Waals surface area contributed by atoms with E-state index in [0.29, 0.717) is 11.1 Å². The van der Waals surface area contributed by atoms with Gasteiger partial charge in [0.1, 0.15) is 16.8 Å². The van der Waals surface area contributed by atoms with Crippen molar-refractivity contribution in [1.82, 2.24) is 9.55 Å². The molecule has 164 valence electrons. The van der Waals surface area contributed by atoms with Crippen molar-refractivity contribution in [2.75, 3.05) is 0 Å². The zero-order chi connectivity index (χ0) is 23.3. The van der Waals surface area contributed by atoms with Gasteiger partial charge in [-0.05, 0) is 18.2 Å². The van der Waals surface area contributed by atoms with E-state index >= 15 is 4.39 Å². The van der Waals surface area contributed by atoms with Crippen LogP contribution < -0.4 is 0 Å². The molecule has 1 aliphatic rings. The maximum Gasteiger partial charge on any atom is 0.176 e. The number of hydrogen-bond donors (Lipinski definition) is 0. The van der Waals surface area contributed by atoms with Crippen LogP contribution in [-0.2, 0) is 11.3 Å². The number of halogens is 3. The van der Waals surface area contributed by atoms with Crippen molar-refractivity contribution in [1.29, 1.82) is 0 Å². The lowest BCUT2D eigenvalue weighted by molar-refractivity contribution is -0.113. The summed E-state index contributed by atoms with van der Waals surface area (Å²) >= 11 is 6.45. The molecule has 0 amide bonds. The second-order valence-electron chi connectivity index (χ2n) is 7.91. The monoisotopic (exact) mass is 462 g/mol. The van der Waals surface area contributed by atoms with Gasteiger partial charge in [-0.25, -0.2) is 13.8 Å². The molecule has 0 unspecified atom stereocenters. The number of Topliss-reactive ketones (excluding diaryl/α,β-unsaturated/α-hetero) is 2. The first-order chi connectivity index (χ1) is 15.8. The van der Waals surface area contributed by atoms with Gasteiger partial charge in [-0.3, -0.25) is 9.59 Å². The second-order valence-corrected chi connectivity index (χ2v) is 8.27. The fraction of sp³-hybridized carbons (Fsp3) is 0.115. The lowest BCUT2D eigenvalue weighted by Gasteiger charge is -2.13. The van der Waals surface area contributed by atoms with Crippen LogP contribution in [0.15, 0.2) is 60.7 Å². The Morgan fingerprint density at radius 3 is 2.73 bits per heavy atom. The van der Waals surface area contributed by atoms with Crippen LogP contribution in [0.25, 0.3) is 27.4 Å². The highest BCUT2D eigenvalue weighted by molar-refractivity contribution is 6.30. The Kier molecular flexibility index (Phi) is 5.17. The minimum absolute atomic E-state index is 0.0290. The fourth-order valence-electron chi connectivity index (χ4n) is 4.37. The molecular weight excluding hydrogens is 446 g/mol. The Hall–Kier alpha value is -3.64. The molecule has 0 radical (unpaired) electrons. The van der Waals surface area contributed by atoms with Gasteiger partial charge in [-0.2, -0.15) is 0 Å². The van der Waals surface area contributed by atoms with Crippen molar-refractivity contribution >= 4 is 50.5 Å². The van der Waals surface area contributed by atoms with E-state index in [2.05, 4.69) is 4.98 Å². The molecule has 0 N–H and O–H groups in total. The first-order valence-corrected chi connectivity index (χ1v) is 10.7. The molecule has 5 rings (SSSR count). The number of allylic oxidation sites excluding steroid dienone is 4. The molecule has 0 saturated heterocycles. The SMILES string of the molecule is CC(=O)c1c(C2=CC=CCC2=O)c2c(F)cc(F)cc2n1Cc1cc2ccccc2nc1Cl. The minimum atomic E-state index is -0.841. The first kappa shape index (κ1) is 21.2. The van der Waals surface area contributed by atoms with Gasteiger partial charge in [-0.1, -0.05) is 48.0 Å². The number of carbonyl (C=O) groups excluding carboxylic acids is 2. The predicted octanol–water partition coefficient (Wildman–Crippen LogP) is 6.28. The van der Waals surface area contributed by atoms with E-state index in [1.807, 2.05) is 30.3 Å². The molecule has 2 aromatic heterocycles. The van der Waals surface area contributed by atoms with Crippen molar-refractivity contribution in [2.45, 2.75) is 19.9 Å². The predicted molar refractivity (Wildman–Crippen MR) is 124 cm³/mol.